The maximum absolute atomic E-state index is 16.0. The number of rotatable bonds is 6. The predicted octanol–water partition coefficient (Wildman–Crippen LogP) is 2.39. The van der Waals surface area contributed by atoms with Gasteiger partial charge in [0, 0.05) is 34.4 Å². The number of tetrazole rings is 1. The summed E-state index contributed by atoms with van der Waals surface area (Å²) >= 11 is 0. The van der Waals surface area contributed by atoms with Crippen LogP contribution in [0.25, 0.3) is 0 Å². The van der Waals surface area contributed by atoms with Crippen molar-refractivity contribution in [2.24, 2.45) is 5.41 Å². The first-order valence-corrected chi connectivity index (χ1v) is 9.25. The fourth-order valence-electron chi connectivity index (χ4n) is 5.10. The highest BCUT2D eigenvalue weighted by atomic mass is 19.3. The quantitative estimate of drug-likeness (QED) is 0.616. The molecule has 156 valence electrons. The molecule has 0 unspecified atom stereocenters. The van der Waals surface area contributed by atoms with E-state index >= 15 is 8.78 Å². The van der Waals surface area contributed by atoms with Crippen molar-refractivity contribution >= 4 is 0 Å². The second-order valence-corrected chi connectivity index (χ2v) is 8.25. The normalized spacial score (nSPS) is 27.1. The maximum atomic E-state index is 16.0. The lowest BCUT2D eigenvalue weighted by atomic mass is 9.31. The second-order valence-electron chi connectivity index (χ2n) is 8.25. The first-order valence-electron chi connectivity index (χ1n) is 9.25. The Morgan fingerprint density at radius 3 is 2.50 bits per heavy atom. The SMILES string of the molecule is O[C@](Cn1cnnn1)(c1ccc(F)cc1F)C(F)(F)C12CC(c3ccncn3)(C1)C2. The average molecular weight is 420 g/mol. The van der Waals surface area contributed by atoms with E-state index in [0.717, 1.165) is 23.1 Å². The number of halogens is 4. The van der Waals surface area contributed by atoms with Crippen molar-refractivity contribution in [2.45, 2.75) is 42.7 Å². The molecule has 1 aromatic carbocycles. The molecule has 2 bridgehead atoms. The van der Waals surface area contributed by atoms with Crippen LogP contribution in [0.3, 0.4) is 0 Å². The van der Waals surface area contributed by atoms with Gasteiger partial charge < -0.3 is 5.11 Å². The van der Waals surface area contributed by atoms with Crippen LogP contribution in [0.15, 0.2) is 43.1 Å². The Morgan fingerprint density at radius 2 is 1.90 bits per heavy atom. The molecule has 6 rings (SSSR count). The van der Waals surface area contributed by atoms with Crippen molar-refractivity contribution in [3.05, 3.63) is 66.0 Å². The topological polar surface area (TPSA) is 89.6 Å². The van der Waals surface area contributed by atoms with Crippen molar-refractivity contribution in [1.29, 1.82) is 0 Å². The predicted molar refractivity (Wildman–Crippen MR) is 93.0 cm³/mol. The highest BCUT2D eigenvalue weighted by molar-refractivity contribution is 5.40. The van der Waals surface area contributed by atoms with Crippen LogP contribution in [0.4, 0.5) is 17.6 Å². The van der Waals surface area contributed by atoms with Gasteiger partial charge in [-0.2, -0.15) is 0 Å². The zero-order chi connectivity index (χ0) is 21.2. The molecule has 1 atom stereocenters. The van der Waals surface area contributed by atoms with E-state index in [4.69, 9.17) is 0 Å². The number of hydrogen-bond acceptors (Lipinski definition) is 6. The molecule has 2 aromatic heterocycles. The molecular weight excluding hydrogens is 404 g/mol. The maximum Gasteiger partial charge on any atom is 0.287 e. The molecule has 3 fully saturated rings. The van der Waals surface area contributed by atoms with Crippen LogP contribution < -0.4 is 0 Å². The van der Waals surface area contributed by atoms with Gasteiger partial charge in [-0.05, 0) is 47.9 Å². The Hall–Kier alpha value is -2.95. The molecule has 3 saturated carbocycles. The summed E-state index contributed by atoms with van der Waals surface area (Å²) in [7, 11) is 0. The molecule has 30 heavy (non-hydrogen) atoms. The summed E-state index contributed by atoms with van der Waals surface area (Å²) < 4.78 is 60.8. The first kappa shape index (κ1) is 19.0. The molecule has 0 saturated heterocycles. The van der Waals surface area contributed by atoms with E-state index in [1.807, 2.05) is 0 Å². The van der Waals surface area contributed by atoms with E-state index < -0.39 is 46.1 Å². The lowest BCUT2D eigenvalue weighted by Gasteiger charge is -2.73. The first-order chi connectivity index (χ1) is 14.2. The fourth-order valence-corrected chi connectivity index (χ4v) is 5.10. The molecule has 3 aliphatic carbocycles. The molecule has 11 heteroatoms. The van der Waals surface area contributed by atoms with E-state index in [1.165, 1.54) is 6.33 Å². The number of hydrogen-bond donors (Lipinski definition) is 1. The van der Waals surface area contributed by atoms with E-state index in [2.05, 4.69) is 25.5 Å². The molecule has 3 aliphatic rings. The van der Waals surface area contributed by atoms with Crippen molar-refractivity contribution in [3.63, 3.8) is 0 Å². The van der Waals surface area contributed by atoms with Crippen LogP contribution >= 0.6 is 0 Å². The summed E-state index contributed by atoms with van der Waals surface area (Å²) in [5.74, 6) is -5.95. The van der Waals surface area contributed by atoms with Crippen LogP contribution in [0.1, 0.15) is 30.5 Å². The molecule has 0 aliphatic heterocycles. The molecule has 3 aromatic rings. The van der Waals surface area contributed by atoms with Crippen LogP contribution in [0.5, 0.6) is 0 Å². The lowest BCUT2D eigenvalue weighted by molar-refractivity contribution is -0.348. The standard InChI is InChI=1S/C19H16F4N6O/c20-12-1-2-13(14(21)5-12)18(30,9-29-11-26-27-28-29)19(22,23)17-6-16(7-17,8-17)15-3-4-24-10-25-15/h1-5,10-11,30H,6-9H2/t16?,17?,18-/m1/s1. The third-order valence-corrected chi connectivity index (χ3v) is 6.50. The van der Waals surface area contributed by atoms with Crippen LogP contribution in [-0.4, -0.2) is 41.2 Å². The van der Waals surface area contributed by atoms with Crippen molar-refractivity contribution in [2.75, 3.05) is 0 Å². The molecule has 0 radical (unpaired) electrons. The monoisotopic (exact) mass is 420 g/mol. The Labute approximate surface area is 167 Å². The number of nitrogens with zero attached hydrogens (tertiary/aromatic N) is 6. The van der Waals surface area contributed by atoms with Crippen molar-refractivity contribution in [1.82, 2.24) is 30.2 Å². The van der Waals surface area contributed by atoms with Crippen molar-refractivity contribution < 1.29 is 22.7 Å². The van der Waals surface area contributed by atoms with E-state index in [9.17, 15) is 13.9 Å². The number of aliphatic hydroxyl groups is 1. The number of benzene rings is 1. The van der Waals surface area contributed by atoms with Crippen LogP contribution in [-0.2, 0) is 17.6 Å². The Bertz CT molecular complexity index is 1070. The smallest absolute Gasteiger partial charge is 0.287 e. The van der Waals surface area contributed by atoms with Gasteiger partial charge in [0.1, 0.15) is 24.3 Å². The van der Waals surface area contributed by atoms with Crippen LogP contribution in [0, 0.1) is 17.0 Å². The third-order valence-electron chi connectivity index (χ3n) is 6.50. The summed E-state index contributed by atoms with van der Waals surface area (Å²) in [6.07, 6.45) is 4.23. The summed E-state index contributed by atoms with van der Waals surface area (Å²) in [5.41, 5.74) is -5.05. The zero-order valence-corrected chi connectivity index (χ0v) is 15.5. The van der Waals surface area contributed by atoms with Gasteiger partial charge in [-0.3, -0.25) is 0 Å². The number of alkyl halides is 2. The van der Waals surface area contributed by atoms with Gasteiger partial charge in [0.15, 0.2) is 5.60 Å². The molecule has 7 nitrogen and oxygen atoms in total. The zero-order valence-electron chi connectivity index (χ0n) is 15.5. The summed E-state index contributed by atoms with van der Waals surface area (Å²) in [6, 6.07) is 3.84. The van der Waals surface area contributed by atoms with Crippen LogP contribution in [0.2, 0.25) is 0 Å². The summed E-state index contributed by atoms with van der Waals surface area (Å²) in [4.78, 5) is 8.02. The molecular formula is C19H16F4N6O. The lowest BCUT2D eigenvalue weighted by Crippen LogP contribution is -2.76. The van der Waals surface area contributed by atoms with E-state index in [-0.39, 0.29) is 19.3 Å². The molecule has 0 spiro atoms. The average Bonchev–Trinajstić information content (AvgIpc) is 3.12. The Balaban J connectivity index is 1.53. The van der Waals surface area contributed by atoms with Crippen molar-refractivity contribution in [3.8, 4) is 0 Å². The number of aromatic nitrogens is 6. The molecule has 0 amide bonds. The van der Waals surface area contributed by atoms with Gasteiger partial charge in [-0.15, -0.1) is 5.10 Å². The van der Waals surface area contributed by atoms with Gasteiger partial charge in [0.05, 0.1) is 6.54 Å². The van der Waals surface area contributed by atoms with Gasteiger partial charge in [-0.25, -0.2) is 32.2 Å². The molecule has 1 N–H and O–H groups in total. The van der Waals surface area contributed by atoms with Gasteiger partial charge in [-0.1, -0.05) is 0 Å². The van der Waals surface area contributed by atoms with Gasteiger partial charge in [0.2, 0.25) is 0 Å². The minimum atomic E-state index is -3.75. The third kappa shape index (κ3) is 2.38. The van der Waals surface area contributed by atoms with Gasteiger partial charge in [0.25, 0.3) is 5.92 Å². The highest BCUT2D eigenvalue weighted by Crippen LogP contribution is 2.80. The van der Waals surface area contributed by atoms with E-state index in [0.29, 0.717) is 11.8 Å². The highest BCUT2D eigenvalue weighted by Gasteiger charge is 2.82. The fraction of sp³-hybridized carbons (Fsp3) is 0.421. The van der Waals surface area contributed by atoms with E-state index in [1.54, 1.807) is 12.3 Å². The summed E-state index contributed by atoms with van der Waals surface area (Å²) in [5, 5.41) is 21.6. The molecule has 2 heterocycles. The Kier molecular flexibility index (Phi) is 3.83. The minimum Gasteiger partial charge on any atom is -0.377 e. The largest absolute Gasteiger partial charge is 0.377 e. The second kappa shape index (κ2) is 6.03. The summed E-state index contributed by atoms with van der Waals surface area (Å²) in [6.45, 7) is -0.794. The Morgan fingerprint density at radius 1 is 1.13 bits per heavy atom. The van der Waals surface area contributed by atoms with Gasteiger partial charge >= 0.3 is 0 Å². The minimum absolute atomic E-state index is 0.0880.